The Morgan fingerprint density at radius 3 is 2.85 bits per heavy atom. The average molecular weight is 393 g/mol. The summed E-state index contributed by atoms with van der Waals surface area (Å²) in [6.45, 7) is 4.28. The van der Waals surface area contributed by atoms with Crippen LogP contribution in [0.2, 0.25) is 0 Å². The lowest BCUT2D eigenvalue weighted by atomic mass is 10.1. The first-order valence-electron chi connectivity index (χ1n) is 8.20. The molecule has 0 aliphatic carbocycles. The van der Waals surface area contributed by atoms with E-state index in [1.165, 1.54) is 18.4 Å². The molecule has 2 aromatic rings. The molecule has 138 valence electrons. The number of methoxy groups -OCH3 is 1. The van der Waals surface area contributed by atoms with Crippen LogP contribution in [0.3, 0.4) is 0 Å². The summed E-state index contributed by atoms with van der Waals surface area (Å²) < 4.78 is 15.6. The van der Waals surface area contributed by atoms with Gasteiger partial charge in [0.2, 0.25) is 6.79 Å². The number of rotatable bonds is 5. The Hall–Kier alpha value is -2.32. The molecule has 1 aliphatic heterocycles. The lowest BCUT2D eigenvalue weighted by Crippen LogP contribution is -2.31. The number of esters is 1. The van der Waals surface area contributed by atoms with Gasteiger partial charge in [-0.25, -0.2) is 4.79 Å². The molecule has 1 aromatic carbocycles. The molecule has 0 unspecified atom stereocenters. The monoisotopic (exact) mass is 392 g/mol. The minimum absolute atomic E-state index is 0.0447. The molecule has 6 nitrogen and oxygen atoms in total. The molecule has 0 bridgehead atoms. The molecule has 1 aliphatic rings. The van der Waals surface area contributed by atoms with Crippen molar-refractivity contribution in [2.24, 2.45) is 0 Å². The molecule has 2 heterocycles. The Balaban J connectivity index is 1.69. The van der Waals surface area contributed by atoms with Gasteiger partial charge in [-0.15, -0.1) is 11.3 Å². The van der Waals surface area contributed by atoms with Crippen LogP contribution in [0.5, 0.6) is 11.5 Å². The van der Waals surface area contributed by atoms with E-state index in [0.717, 1.165) is 28.4 Å². The van der Waals surface area contributed by atoms with E-state index in [-0.39, 0.29) is 18.8 Å². The summed E-state index contributed by atoms with van der Waals surface area (Å²) in [5.41, 5.74) is 1.52. The Morgan fingerprint density at radius 1 is 1.35 bits per heavy atom. The number of thiophene rings is 1. The summed E-state index contributed by atoms with van der Waals surface area (Å²) in [6, 6.07) is 7.57. The number of anilines is 1. The maximum atomic E-state index is 12.0. The van der Waals surface area contributed by atoms with Gasteiger partial charge in [-0.1, -0.05) is 13.0 Å². The highest BCUT2D eigenvalue weighted by atomic mass is 32.1. The van der Waals surface area contributed by atoms with Crippen molar-refractivity contribution in [2.45, 2.75) is 26.3 Å². The third-order valence-corrected chi connectivity index (χ3v) is 5.42. The number of fused-ring (bicyclic) bond motifs is 1. The maximum Gasteiger partial charge on any atom is 0.340 e. The van der Waals surface area contributed by atoms with E-state index >= 15 is 0 Å². The number of hydrogen-bond acceptors (Lipinski definition) is 6. The Morgan fingerprint density at radius 2 is 2.12 bits per heavy atom. The van der Waals surface area contributed by atoms with Crippen LogP contribution in [0.1, 0.15) is 40.7 Å². The summed E-state index contributed by atoms with van der Waals surface area (Å²) in [5.74, 6) is 1.10. The van der Waals surface area contributed by atoms with Gasteiger partial charge in [-0.05, 0) is 49.3 Å². The number of ether oxygens (including phenoxy) is 3. The molecule has 1 atom stereocenters. The number of benzene rings is 1. The van der Waals surface area contributed by atoms with Crippen LogP contribution in [-0.2, 0) is 11.2 Å². The first-order valence-corrected chi connectivity index (χ1v) is 9.42. The molecular weight excluding hydrogens is 372 g/mol. The van der Waals surface area contributed by atoms with Gasteiger partial charge in [0.1, 0.15) is 5.00 Å². The molecule has 0 saturated carbocycles. The van der Waals surface area contributed by atoms with Crippen LogP contribution in [0.25, 0.3) is 0 Å². The van der Waals surface area contributed by atoms with Crippen molar-refractivity contribution < 1.29 is 19.0 Å². The second-order valence-electron chi connectivity index (χ2n) is 5.73. The maximum absolute atomic E-state index is 12.0. The number of aryl methyl sites for hydroxylation is 1. The van der Waals surface area contributed by atoms with Crippen LogP contribution in [0, 0.1) is 0 Å². The van der Waals surface area contributed by atoms with E-state index in [0.29, 0.717) is 15.7 Å². The van der Waals surface area contributed by atoms with Crippen LogP contribution in [0.15, 0.2) is 24.3 Å². The molecule has 1 aromatic heterocycles. The standard InChI is InChI=1S/C18H20N2O4S2/c1-4-12-8-13(17(21)22-3)16(26-12)20-18(25)19-10(2)11-5-6-14-15(7-11)24-9-23-14/h5-8,10H,4,9H2,1-3H3,(H2,19,20,25)/t10-/m0/s1. The summed E-state index contributed by atoms with van der Waals surface area (Å²) in [5, 5.41) is 7.46. The molecule has 2 N–H and O–H groups in total. The van der Waals surface area contributed by atoms with E-state index < -0.39 is 0 Å². The number of carbonyl (C=O) groups is 1. The van der Waals surface area contributed by atoms with Gasteiger partial charge in [0, 0.05) is 4.88 Å². The largest absolute Gasteiger partial charge is 0.465 e. The van der Waals surface area contributed by atoms with Gasteiger partial charge in [-0.3, -0.25) is 0 Å². The van der Waals surface area contributed by atoms with Crippen LogP contribution in [0.4, 0.5) is 5.00 Å². The molecule has 3 rings (SSSR count). The van der Waals surface area contributed by atoms with Crippen molar-refractivity contribution in [2.75, 3.05) is 19.2 Å². The Kier molecular flexibility index (Phi) is 5.63. The van der Waals surface area contributed by atoms with E-state index in [1.54, 1.807) is 0 Å². The minimum atomic E-state index is -0.380. The predicted molar refractivity (Wildman–Crippen MR) is 105 cm³/mol. The summed E-state index contributed by atoms with van der Waals surface area (Å²) in [6.07, 6.45) is 0.837. The number of hydrogen-bond donors (Lipinski definition) is 2. The van der Waals surface area contributed by atoms with Crippen LogP contribution in [-0.4, -0.2) is 25.0 Å². The Bertz CT molecular complexity index is 835. The molecule has 0 amide bonds. The van der Waals surface area contributed by atoms with E-state index in [9.17, 15) is 4.79 Å². The smallest absolute Gasteiger partial charge is 0.340 e. The van der Waals surface area contributed by atoms with E-state index in [2.05, 4.69) is 10.6 Å². The normalized spacial score (nSPS) is 13.2. The summed E-state index contributed by atoms with van der Waals surface area (Å²) >= 11 is 6.91. The third kappa shape index (κ3) is 3.91. The summed E-state index contributed by atoms with van der Waals surface area (Å²) in [4.78, 5) is 13.0. The van der Waals surface area contributed by atoms with Gasteiger partial charge in [-0.2, -0.15) is 0 Å². The number of nitrogens with one attached hydrogen (secondary N) is 2. The second-order valence-corrected chi connectivity index (χ2v) is 7.28. The van der Waals surface area contributed by atoms with Crippen molar-refractivity contribution in [3.8, 4) is 11.5 Å². The average Bonchev–Trinajstić information content (AvgIpc) is 3.26. The first kappa shape index (κ1) is 18.5. The number of thiocarbonyl (C=S) groups is 1. The van der Waals surface area contributed by atoms with Gasteiger partial charge >= 0.3 is 5.97 Å². The van der Waals surface area contributed by atoms with Crippen molar-refractivity contribution in [1.29, 1.82) is 0 Å². The van der Waals surface area contributed by atoms with Crippen molar-refractivity contribution >= 4 is 39.6 Å². The van der Waals surface area contributed by atoms with Gasteiger partial charge in [0.05, 0.1) is 18.7 Å². The van der Waals surface area contributed by atoms with Crippen molar-refractivity contribution in [1.82, 2.24) is 5.32 Å². The lowest BCUT2D eigenvalue weighted by Gasteiger charge is -2.17. The van der Waals surface area contributed by atoms with E-state index in [4.69, 9.17) is 26.4 Å². The molecule has 0 saturated heterocycles. The highest BCUT2D eigenvalue weighted by Gasteiger charge is 2.19. The molecule has 0 spiro atoms. The minimum Gasteiger partial charge on any atom is -0.465 e. The quantitative estimate of drug-likeness (QED) is 0.591. The molecule has 0 radical (unpaired) electrons. The predicted octanol–water partition coefficient (Wildman–Crippen LogP) is 3.87. The SMILES string of the molecule is CCc1cc(C(=O)OC)c(NC(=S)N[C@@H](C)c2ccc3c(c2)OCO3)s1. The fourth-order valence-electron chi connectivity index (χ4n) is 2.57. The molecular formula is C18H20N2O4S2. The van der Waals surface area contributed by atoms with Gasteiger partial charge in [0.15, 0.2) is 16.6 Å². The zero-order valence-electron chi connectivity index (χ0n) is 14.8. The topological polar surface area (TPSA) is 68.8 Å². The second kappa shape index (κ2) is 7.92. The fourth-order valence-corrected chi connectivity index (χ4v) is 3.90. The first-order chi connectivity index (χ1) is 12.5. The van der Waals surface area contributed by atoms with E-state index in [1.807, 2.05) is 38.1 Å². The van der Waals surface area contributed by atoms with Crippen molar-refractivity contribution in [3.63, 3.8) is 0 Å². The highest BCUT2D eigenvalue weighted by Crippen LogP contribution is 2.34. The van der Waals surface area contributed by atoms with Crippen molar-refractivity contribution in [3.05, 3.63) is 40.3 Å². The summed E-state index contributed by atoms with van der Waals surface area (Å²) in [7, 11) is 1.37. The zero-order chi connectivity index (χ0) is 18.7. The van der Waals surface area contributed by atoms with Crippen LogP contribution < -0.4 is 20.1 Å². The molecule has 26 heavy (non-hydrogen) atoms. The fraction of sp³-hybridized carbons (Fsp3) is 0.333. The number of carbonyl (C=O) groups excluding carboxylic acids is 1. The van der Waals surface area contributed by atoms with Gasteiger partial charge < -0.3 is 24.8 Å². The Labute approximate surface area is 161 Å². The molecule has 0 fully saturated rings. The third-order valence-electron chi connectivity index (χ3n) is 4.01. The zero-order valence-corrected chi connectivity index (χ0v) is 16.4. The highest BCUT2D eigenvalue weighted by molar-refractivity contribution is 7.80. The van der Waals surface area contributed by atoms with Crippen LogP contribution >= 0.6 is 23.6 Å². The lowest BCUT2D eigenvalue weighted by molar-refractivity contribution is 0.0602. The van der Waals surface area contributed by atoms with Gasteiger partial charge in [0.25, 0.3) is 0 Å². The molecule has 8 heteroatoms.